The van der Waals surface area contributed by atoms with Crippen LogP contribution in [-0.2, 0) is 16.0 Å². The van der Waals surface area contributed by atoms with Gasteiger partial charge in [0.15, 0.2) is 5.41 Å². The van der Waals surface area contributed by atoms with E-state index in [1.54, 1.807) is 31.2 Å². The quantitative estimate of drug-likeness (QED) is 0.879. The molecule has 0 saturated carbocycles. The van der Waals surface area contributed by atoms with Crippen molar-refractivity contribution in [3.63, 3.8) is 0 Å². The molecular weight excluding hydrogens is 365 g/mol. The number of carboxylic acids is 1. The molecule has 1 aromatic carbocycles. The maximum atomic E-state index is 13.2. The fourth-order valence-electron chi connectivity index (χ4n) is 3.10. The van der Waals surface area contributed by atoms with Crippen LogP contribution < -0.4 is 0 Å². The molecule has 144 valence electrons. The number of hydrogen-bond donors (Lipinski definition) is 1. The number of likely N-dealkylation sites (tertiary alicyclic amines) is 1. The first-order chi connectivity index (χ1) is 12.6. The largest absolute Gasteiger partial charge is 0.481 e. The number of amides is 1. The number of aryl methyl sites for hydroxylation is 1. The van der Waals surface area contributed by atoms with Crippen LogP contribution in [0.1, 0.15) is 17.9 Å². The summed E-state index contributed by atoms with van der Waals surface area (Å²) in [5.41, 5.74) is -1.89. The number of oxazole rings is 1. The summed E-state index contributed by atoms with van der Waals surface area (Å²) in [5, 5.41) is 9.08. The van der Waals surface area contributed by atoms with Crippen LogP contribution in [0, 0.1) is 12.3 Å². The summed E-state index contributed by atoms with van der Waals surface area (Å²) < 4.78 is 45.3. The number of alkyl halides is 3. The van der Waals surface area contributed by atoms with Gasteiger partial charge < -0.3 is 14.4 Å². The molecule has 27 heavy (non-hydrogen) atoms. The fourth-order valence-corrected chi connectivity index (χ4v) is 3.10. The van der Waals surface area contributed by atoms with Crippen molar-refractivity contribution in [3.8, 4) is 11.5 Å². The number of halogens is 3. The van der Waals surface area contributed by atoms with Crippen LogP contribution in [0.25, 0.3) is 11.5 Å². The highest BCUT2D eigenvalue weighted by atomic mass is 19.4. The van der Waals surface area contributed by atoms with Crippen LogP contribution in [-0.4, -0.2) is 46.1 Å². The van der Waals surface area contributed by atoms with Crippen LogP contribution >= 0.6 is 0 Å². The predicted octanol–water partition coefficient (Wildman–Crippen LogP) is 3.06. The van der Waals surface area contributed by atoms with E-state index in [0.717, 1.165) is 4.90 Å². The normalized spacial score (nSPS) is 20.1. The van der Waals surface area contributed by atoms with Gasteiger partial charge in [0.05, 0.1) is 12.1 Å². The van der Waals surface area contributed by atoms with Crippen molar-refractivity contribution < 1.29 is 32.3 Å². The number of aromatic nitrogens is 1. The van der Waals surface area contributed by atoms with E-state index < -0.39 is 36.4 Å². The van der Waals surface area contributed by atoms with E-state index in [0.29, 0.717) is 22.9 Å². The third-order valence-corrected chi connectivity index (χ3v) is 4.81. The molecule has 6 nitrogen and oxygen atoms in total. The number of nitrogens with zero attached hydrogens (tertiary/aromatic N) is 2. The van der Waals surface area contributed by atoms with E-state index in [-0.39, 0.29) is 13.0 Å². The molecule has 1 aliphatic heterocycles. The van der Waals surface area contributed by atoms with Gasteiger partial charge in [-0.15, -0.1) is 0 Å². The Balaban J connectivity index is 1.75. The topological polar surface area (TPSA) is 83.6 Å². The first-order valence-corrected chi connectivity index (χ1v) is 8.24. The van der Waals surface area contributed by atoms with E-state index in [9.17, 15) is 22.8 Å². The van der Waals surface area contributed by atoms with Crippen molar-refractivity contribution in [2.45, 2.75) is 25.9 Å². The molecular formula is C18H17F3N2O4. The molecule has 1 saturated heterocycles. The predicted molar refractivity (Wildman–Crippen MR) is 87.7 cm³/mol. The van der Waals surface area contributed by atoms with Crippen LogP contribution in [0.2, 0.25) is 0 Å². The fraction of sp³-hybridized carbons (Fsp3) is 0.389. The Morgan fingerprint density at radius 1 is 1.30 bits per heavy atom. The summed E-state index contributed by atoms with van der Waals surface area (Å²) in [4.78, 5) is 28.8. The van der Waals surface area contributed by atoms with Gasteiger partial charge in [-0.1, -0.05) is 18.2 Å². The molecule has 1 aromatic heterocycles. The first-order valence-electron chi connectivity index (χ1n) is 8.24. The van der Waals surface area contributed by atoms with Crippen LogP contribution in [0.5, 0.6) is 0 Å². The van der Waals surface area contributed by atoms with Crippen LogP contribution in [0.3, 0.4) is 0 Å². The zero-order chi connectivity index (χ0) is 19.8. The Morgan fingerprint density at radius 2 is 1.96 bits per heavy atom. The number of carbonyl (C=O) groups excluding carboxylic acids is 1. The summed E-state index contributed by atoms with van der Waals surface area (Å²) in [6, 6.07) is 8.98. The molecule has 0 spiro atoms. The number of carboxylic acid groups (broad SMARTS) is 1. The van der Waals surface area contributed by atoms with Gasteiger partial charge in [-0.05, 0) is 25.5 Å². The van der Waals surface area contributed by atoms with Crippen LogP contribution in [0.15, 0.2) is 34.7 Å². The average Bonchev–Trinajstić information content (AvgIpc) is 3.21. The molecule has 1 N–H and O–H groups in total. The van der Waals surface area contributed by atoms with Crippen molar-refractivity contribution in [2.24, 2.45) is 5.41 Å². The third kappa shape index (κ3) is 3.41. The number of benzene rings is 1. The van der Waals surface area contributed by atoms with E-state index in [2.05, 4.69) is 4.98 Å². The van der Waals surface area contributed by atoms with Crippen molar-refractivity contribution >= 4 is 11.9 Å². The lowest BCUT2D eigenvalue weighted by Gasteiger charge is -2.27. The standard InChI is InChI=1S/C18H17F3N2O4/c1-11-13(22-15(27-11)12-5-3-2-4-6-12)9-14(24)23-8-7-17(10-23,16(25)26)18(19,20)21/h2-6H,7-10H2,1H3,(H,25,26). The molecule has 1 aliphatic rings. The maximum absolute atomic E-state index is 13.2. The van der Waals surface area contributed by atoms with Gasteiger partial charge in [0, 0.05) is 18.7 Å². The number of rotatable bonds is 4. The van der Waals surface area contributed by atoms with E-state index in [1.165, 1.54) is 0 Å². The highest BCUT2D eigenvalue weighted by molar-refractivity contribution is 5.82. The monoisotopic (exact) mass is 382 g/mol. The minimum atomic E-state index is -4.93. The Bertz CT molecular complexity index is 863. The number of hydrogen-bond acceptors (Lipinski definition) is 4. The minimum absolute atomic E-state index is 0.254. The number of aliphatic carboxylic acids is 1. The molecule has 1 fully saturated rings. The minimum Gasteiger partial charge on any atom is -0.481 e. The third-order valence-electron chi connectivity index (χ3n) is 4.81. The van der Waals surface area contributed by atoms with Crippen molar-refractivity contribution in [3.05, 3.63) is 41.8 Å². The second-order valence-corrected chi connectivity index (χ2v) is 6.52. The molecule has 0 bridgehead atoms. The van der Waals surface area contributed by atoms with Gasteiger partial charge in [0.1, 0.15) is 5.76 Å². The lowest BCUT2D eigenvalue weighted by molar-refractivity contribution is -0.227. The molecule has 1 amide bonds. The molecule has 2 aromatic rings. The Morgan fingerprint density at radius 3 is 2.52 bits per heavy atom. The molecule has 1 unspecified atom stereocenters. The van der Waals surface area contributed by atoms with Gasteiger partial charge in [0.2, 0.25) is 11.8 Å². The summed E-state index contributed by atoms with van der Waals surface area (Å²) >= 11 is 0. The lowest BCUT2D eigenvalue weighted by Crippen LogP contribution is -2.47. The smallest absolute Gasteiger partial charge is 0.406 e. The van der Waals surface area contributed by atoms with Crippen LogP contribution in [0.4, 0.5) is 13.2 Å². The summed E-state index contributed by atoms with van der Waals surface area (Å²) in [5.74, 6) is -1.87. The van der Waals surface area contributed by atoms with Crippen molar-refractivity contribution in [1.82, 2.24) is 9.88 Å². The zero-order valence-electron chi connectivity index (χ0n) is 14.4. The van der Waals surface area contributed by atoms with E-state index >= 15 is 0 Å². The Kier molecular flexibility index (Phi) is 4.71. The molecule has 2 heterocycles. The lowest BCUT2D eigenvalue weighted by atomic mass is 9.86. The zero-order valence-corrected chi connectivity index (χ0v) is 14.4. The van der Waals surface area contributed by atoms with Gasteiger partial charge >= 0.3 is 12.1 Å². The van der Waals surface area contributed by atoms with Gasteiger partial charge in [-0.2, -0.15) is 13.2 Å². The molecule has 9 heteroatoms. The van der Waals surface area contributed by atoms with E-state index in [1.807, 2.05) is 6.07 Å². The Hall–Kier alpha value is -2.84. The van der Waals surface area contributed by atoms with E-state index in [4.69, 9.17) is 9.52 Å². The summed E-state index contributed by atoms with van der Waals surface area (Å²) in [7, 11) is 0. The second-order valence-electron chi connectivity index (χ2n) is 6.52. The number of carbonyl (C=O) groups is 2. The summed E-state index contributed by atoms with van der Waals surface area (Å²) in [6.07, 6.45) is -5.85. The SMILES string of the molecule is Cc1oc(-c2ccccc2)nc1CC(=O)N1CCC(C(=O)O)(C(F)(F)F)C1. The van der Waals surface area contributed by atoms with Crippen molar-refractivity contribution in [2.75, 3.05) is 13.1 Å². The molecule has 0 aliphatic carbocycles. The Labute approximate surface area is 152 Å². The van der Waals surface area contributed by atoms with Gasteiger partial charge in [0.25, 0.3) is 0 Å². The average molecular weight is 382 g/mol. The molecule has 0 radical (unpaired) electrons. The molecule has 3 rings (SSSR count). The maximum Gasteiger partial charge on any atom is 0.406 e. The second kappa shape index (κ2) is 6.71. The summed E-state index contributed by atoms with van der Waals surface area (Å²) in [6.45, 7) is 0.448. The van der Waals surface area contributed by atoms with Gasteiger partial charge in [-0.25, -0.2) is 4.98 Å². The highest BCUT2D eigenvalue weighted by Gasteiger charge is 2.64. The first kappa shape index (κ1) is 18.9. The van der Waals surface area contributed by atoms with Crippen molar-refractivity contribution in [1.29, 1.82) is 0 Å². The van der Waals surface area contributed by atoms with Gasteiger partial charge in [-0.3, -0.25) is 9.59 Å². The highest BCUT2D eigenvalue weighted by Crippen LogP contribution is 2.45. The molecule has 1 atom stereocenters.